The van der Waals surface area contributed by atoms with Crippen molar-refractivity contribution in [2.24, 2.45) is 17.1 Å². The first-order chi connectivity index (χ1) is 8.54. The van der Waals surface area contributed by atoms with Crippen LogP contribution in [0.2, 0.25) is 0 Å². The molecule has 2 rings (SSSR count). The molecule has 18 heavy (non-hydrogen) atoms. The minimum Gasteiger partial charge on any atom is -0.342 e. The van der Waals surface area contributed by atoms with Gasteiger partial charge in [-0.25, -0.2) is 0 Å². The topological polar surface area (TPSA) is 46.3 Å². The van der Waals surface area contributed by atoms with Crippen LogP contribution in [-0.4, -0.2) is 29.9 Å². The van der Waals surface area contributed by atoms with Crippen molar-refractivity contribution < 1.29 is 4.79 Å². The Morgan fingerprint density at radius 2 is 1.78 bits per heavy atom. The highest BCUT2D eigenvalue weighted by molar-refractivity contribution is 5.79. The molecule has 1 heterocycles. The molecule has 0 unspecified atom stereocenters. The van der Waals surface area contributed by atoms with Crippen molar-refractivity contribution in [1.82, 2.24) is 4.90 Å². The number of amides is 1. The van der Waals surface area contributed by atoms with Crippen molar-refractivity contribution in [2.75, 3.05) is 13.1 Å². The molecule has 0 aromatic rings. The normalized spacial score (nSPS) is 32.3. The number of rotatable bonds is 2. The van der Waals surface area contributed by atoms with Gasteiger partial charge in [0.05, 0.1) is 0 Å². The third-order valence-corrected chi connectivity index (χ3v) is 5.26. The van der Waals surface area contributed by atoms with Crippen molar-refractivity contribution in [3.05, 3.63) is 0 Å². The third-order valence-electron chi connectivity index (χ3n) is 5.26. The largest absolute Gasteiger partial charge is 0.342 e. The number of hydrogen-bond acceptors (Lipinski definition) is 2. The lowest BCUT2D eigenvalue weighted by molar-refractivity contribution is -0.138. The van der Waals surface area contributed by atoms with E-state index in [1.165, 1.54) is 19.3 Å². The number of nitrogens with zero attached hydrogens (tertiary/aromatic N) is 1. The number of carbonyl (C=O) groups excluding carboxylic acids is 1. The summed E-state index contributed by atoms with van der Waals surface area (Å²) in [4.78, 5) is 14.6. The minimum absolute atomic E-state index is 0.260. The number of hydrogen-bond donors (Lipinski definition) is 1. The fraction of sp³-hybridized carbons (Fsp3) is 0.933. The molecule has 2 N–H and O–H groups in total. The van der Waals surface area contributed by atoms with Crippen LogP contribution < -0.4 is 5.73 Å². The summed E-state index contributed by atoms with van der Waals surface area (Å²) in [6.45, 7) is 6.55. The van der Waals surface area contributed by atoms with Crippen molar-refractivity contribution in [3.8, 4) is 0 Å². The summed E-state index contributed by atoms with van der Waals surface area (Å²) in [5.74, 6) is 0.663. The van der Waals surface area contributed by atoms with Crippen LogP contribution in [0.25, 0.3) is 0 Å². The quantitative estimate of drug-likeness (QED) is 0.821. The molecule has 1 aliphatic carbocycles. The first-order valence-corrected chi connectivity index (χ1v) is 7.58. The Hall–Kier alpha value is -0.570. The van der Waals surface area contributed by atoms with Gasteiger partial charge in [-0.05, 0) is 43.9 Å². The zero-order chi connectivity index (χ0) is 13.2. The van der Waals surface area contributed by atoms with Gasteiger partial charge in [0, 0.05) is 25.0 Å². The molecule has 3 heteroatoms. The van der Waals surface area contributed by atoms with E-state index in [2.05, 4.69) is 18.7 Å². The van der Waals surface area contributed by atoms with Gasteiger partial charge in [0.1, 0.15) is 0 Å². The standard InChI is InChI=1S/C15H28N2O/c1-3-15(2)8-10-17(11-9-15)14(18)12-4-6-13(16)7-5-12/h12-13H,3-11,16H2,1-2H3. The molecule has 2 fully saturated rings. The van der Waals surface area contributed by atoms with Crippen LogP contribution in [0, 0.1) is 11.3 Å². The molecular formula is C15H28N2O. The summed E-state index contributed by atoms with van der Waals surface area (Å²) < 4.78 is 0. The lowest BCUT2D eigenvalue weighted by atomic mass is 9.77. The van der Waals surface area contributed by atoms with E-state index in [0.717, 1.165) is 38.8 Å². The second kappa shape index (κ2) is 5.60. The van der Waals surface area contributed by atoms with Crippen LogP contribution in [0.15, 0.2) is 0 Å². The van der Waals surface area contributed by atoms with Gasteiger partial charge in [-0.15, -0.1) is 0 Å². The van der Waals surface area contributed by atoms with Gasteiger partial charge in [-0.2, -0.15) is 0 Å². The first-order valence-electron chi connectivity index (χ1n) is 7.58. The second-order valence-corrected chi connectivity index (χ2v) is 6.60. The van der Waals surface area contributed by atoms with Crippen molar-refractivity contribution in [2.45, 2.75) is 64.8 Å². The van der Waals surface area contributed by atoms with E-state index >= 15 is 0 Å². The number of carbonyl (C=O) groups is 1. The number of piperidine rings is 1. The molecule has 0 aromatic carbocycles. The van der Waals surface area contributed by atoms with Crippen LogP contribution in [0.1, 0.15) is 58.8 Å². The van der Waals surface area contributed by atoms with E-state index in [9.17, 15) is 4.79 Å². The fourth-order valence-electron chi connectivity index (χ4n) is 3.24. The molecule has 1 aliphatic heterocycles. The molecule has 3 nitrogen and oxygen atoms in total. The van der Waals surface area contributed by atoms with Crippen LogP contribution in [-0.2, 0) is 4.79 Å². The molecule has 0 aromatic heterocycles. The van der Waals surface area contributed by atoms with Crippen LogP contribution in [0.3, 0.4) is 0 Å². The summed E-state index contributed by atoms with van der Waals surface area (Å²) in [7, 11) is 0. The molecule has 0 atom stereocenters. The molecule has 0 radical (unpaired) electrons. The molecule has 2 aliphatic rings. The molecule has 0 bridgehead atoms. The Morgan fingerprint density at radius 3 is 2.28 bits per heavy atom. The lowest BCUT2D eigenvalue weighted by Gasteiger charge is -2.40. The SMILES string of the molecule is CCC1(C)CCN(C(=O)C2CCC(N)CC2)CC1. The van der Waals surface area contributed by atoms with Gasteiger partial charge in [0.15, 0.2) is 0 Å². The Labute approximate surface area is 111 Å². The van der Waals surface area contributed by atoms with Gasteiger partial charge in [0.25, 0.3) is 0 Å². The second-order valence-electron chi connectivity index (χ2n) is 6.60. The van der Waals surface area contributed by atoms with Gasteiger partial charge < -0.3 is 10.6 Å². The maximum Gasteiger partial charge on any atom is 0.225 e. The van der Waals surface area contributed by atoms with Crippen molar-refractivity contribution in [3.63, 3.8) is 0 Å². The molecule has 0 spiro atoms. The maximum atomic E-state index is 12.4. The molecule has 1 amide bonds. The van der Waals surface area contributed by atoms with Crippen LogP contribution in [0.5, 0.6) is 0 Å². The number of nitrogens with two attached hydrogens (primary N) is 1. The first kappa shape index (κ1) is 13.9. The smallest absolute Gasteiger partial charge is 0.225 e. The Bertz CT molecular complexity index is 287. The third kappa shape index (κ3) is 3.05. The van der Waals surface area contributed by atoms with Gasteiger partial charge in [-0.1, -0.05) is 20.3 Å². The predicted octanol–water partition coefficient (Wildman–Crippen LogP) is 2.54. The minimum atomic E-state index is 0.260. The zero-order valence-corrected chi connectivity index (χ0v) is 12.0. The molecule has 1 saturated carbocycles. The summed E-state index contributed by atoms with van der Waals surface area (Å²) >= 11 is 0. The molecule has 104 valence electrons. The summed E-state index contributed by atoms with van der Waals surface area (Å²) in [5, 5.41) is 0. The zero-order valence-electron chi connectivity index (χ0n) is 12.0. The Balaban J connectivity index is 1.84. The predicted molar refractivity (Wildman–Crippen MR) is 74.1 cm³/mol. The molecular weight excluding hydrogens is 224 g/mol. The van der Waals surface area contributed by atoms with E-state index in [0.29, 0.717) is 17.4 Å². The number of likely N-dealkylation sites (tertiary alicyclic amines) is 1. The monoisotopic (exact) mass is 252 g/mol. The summed E-state index contributed by atoms with van der Waals surface area (Å²) in [6.07, 6.45) is 7.62. The highest BCUT2D eigenvalue weighted by Crippen LogP contribution is 2.35. The van der Waals surface area contributed by atoms with E-state index < -0.39 is 0 Å². The van der Waals surface area contributed by atoms with Gasteiger partial charge >= 0.3 is 0 Å². The van der Waals surface area contributed by atoms with Crippen molar-refractivity contribution in [1.29, 1.82) is 0 Å². The van der Waals surface area contributed by atoms with E-state index in [1.807, 2.05) is 0 Å². The van der Waals surface area contributed by atoms with E-state index in [1.54, 1.807) is 0 Å². The van der Waals surface area contributed by atoms with Crippen molar-refractivity contribution >= 4 is 5.91 Å². The lowest BCUT2D eigenvalue weighted by Crippen LogP contribution is -2.45. The highest BCUT2D eigenvalue weighted by atomic mass is 16.2. The van der Waals surface area contributed by atoms with E-state index in [-0.39, 0.29) is 5.92 Å². The molecule has 1 saturated heterocycles. The average molecular weight is 252 g/mol. The fourth-order valence-corrected chi connectivity index (χ4v) is 3.24. The van der Waals surface area contributed by atoms with Gasteiger partial charge in [0.2, 0.25) is 5.91 Å². The Morgan fingerprint density at radius 1 is 1.22 bits per heavy atom. The van der Waals surface area contributed by atoms with Crippen LogP contribution >= 0.6 is 0 Å². The summed E-state index contributed by atoms with van der Waals surface area (Å²) in [6, 6.07) is 0.332. The van der Waals surface area contributed by atoms with E-state index in [4.69, 9.17) is 5.73 Å². The Kier molecular flexibility index (Phi) is 4.31. The average Bonchev–Trinajstić information content (AvgIpc) is 2.40. The van der Waals surface area contributed by atoms with Crippen LogP contribution in [0.4, 0.5) is 0 Å². The summed E-state index contributed by atoms with van der Waals surface area (Å²) in [5.41, 5.74) is 6.37. The maximum absolute atomic E-state index is 12.4. The highest BCUT2D eigenvalue weighted by Gasteiger charge is 2.33. The van der Waals surface area contributed by atoms with Gasteiger partial charge in [-0.3, -0.25) is 4.79 Å².